The Kier molecular flexibility index (Phi) is 2.65. The van der Waals surface area contributed by atoms with Crippen LogP contribution in [0.25, 0.3) is 11.1 Å². The molecule has 2 aromatic rings. The monoisotopic (exact) mass is 201 g/mol. The molecule has 0 aliphatic rings. The van der Waals surface area contributed by atoms with Crippen molar-refractivity contribution in [2.24, 2.45) is 0 Å². The third-order valence-electron chi connectivity index (χ3n) is 2.24. The van der Waals surface area contributed by atoms with Crippen molar-refractivity contribution < 1.29 is 5.11 Å². The summed E-state index contributed by atoms with van der Waals surface area (Å²) < 4.78 is 0. The van der Waals surface area contributed by atoms with Crippen molar-refractivity contribution in [2.45, 2.75) is 6.61 Å². The van der Waals surface area contributed by atoms with Crippen molar-refractivity contribution in [3.63, 3.8) is 0 Å². The van der Waals surface area contributed by atoms with Crippen LogP contribution < -0.4 is 5.56 Å². The van der Waals surface area contributed by atoms with Crippen LogP contribution in [0.2, 0.25) is 0 Å². The predicted octanol–water partition coefficient (Wildman–Crippen LogP) is 1.53. The fraction of sp³-hybridized carbons (Fsp3) is 0.0833. The van der Waals surface area contributed by atoms with Gasteiger partial charge in [0, 0.05) is 12.3 Å². The fourth-order valence-corrected chi connectivity index (χ4v) is 1.43. The number of pyridine rings is 1. The molecule has 2 rings (SSSR count). The molecule has 0 saturated heterocycles. The van der Waals surface area contributed by atoms with E-state index in [0.717, 1.165) is 16.7 Å². The largest absolute Gasteiger partial charge is 0.392 e. The Bertz CT molecular complexity index is 500. The smallest absolute Gasteiger partial charge is 0.248 e. The minimum atomic E-state index is -0.112. The van der Waals surface area contributed by atoms with Crippen LogP contribution in [-0.4, -0.2) is 10.1 Å². The molecule has 2 N–H and O–H groups in total. The molecule has 0 bridgehead atoms. The minimum absolute atomic E-state index is 0.0374. The van der Waals surface area contributed by atoms with E-state index in [1.165, 1.54) is 0 Å². The zero-order valence-electron chi connectivity index (χ0n) is 8.10. The number of nitrogens with one attached hydrogen (secondary N) is 1. The van der Waals surface area contributed by atoms with Crippen LogP contribution in [-0.2, 0) is 6.61 Å². The Morgan fingerprint density at radius 2 is 1.80 bits per heavy atom. The van der Waals surface area contributed by atoms with Gasteiger partial charge in [-0.1, -0.05) is 24.3 Å². The minimum Gasteiger partial charge on any atom is -0.392 e. The van der Waals surface area contributed by atoms with Gasteiger partial charge in [0.15, 0.2) is 0 Å². The summed E-state index contributed by atoms with van der Waals surface area (Å²) in [5, 5.41) is 8.89. The molecule has 76 valence electrons. The standard InChI is InChI=1S/C12H11NO2/c14-8-9-1-3-10(4-2-9)11-5-6-13-12(15)7-11/h1-7,14H,8H2,(H,13,15). The SMILES string of the molecule is O=c1cc(-c2ccc(CO)cc2)cc[nH]1. The van der Waals surface area contributed by atoms with Crippen molar-refractivity contribution in [3.8, 4) is 11.1 Å². The summed E-state index contributed by atoms with van der Waals surface area (Å²) in [6.45, 7) is 0.0374. The van der Waals surface area contributed by atoms with E-state index < -0.39 is 0 Å². The Morgan fingerprint density at radius 1 is 1.07 bits per heavy atom. The highest BCUT2D eigenvalue weighted by Crippen LogP contribution is 2.17. The normalized spacial score (nSPS) is 10.2. The summed E-state index contributed by atoms with van der Waals surface area (Å²) in [7, 11) is 0. The van der Waals surface area contributed by atoms with Gasteiger partial charge < -0.3 is 10.1 Å². The van der Waals surface area contributed by atoms with Gasteiger partial charge in [-0.2, -0.15) is 0 Å². The van der Waals surface area contributed by atoms with Crippen LogP contribution in [0.1, 0.15) is 5.56 Å². The first-order chi connectivity index (χ1) is 7.29. The van der Waals surface area contributed by atoms with Crippen LogP contribution in [0.4, 0.5) is 0 Å². The van der Waals surface area contributed by atoms with Crippen molar-refractivity contribution in [3.05, 3.63) is 58.5 Å². The van der Waals surface area contributed by atoms with Gasteiger partial charge in [0.25, 0.3) is 0 Å². The van der Waals surface area contributed by atoms with Crippen LogP contribution in [0, 0.1) is 0 Å². The third-order valence-corrected chi connectivity index (χ3v) is 2.24. The molecule has 0 aliphatic carbocycles. The maximum atomic E-state index is 11.1. The molecule has 0 radical (unpaired) electrons. The lowest BCUT2D eigenvalue weighted by Crippen LogP contribution is -2.01. The van der Waals surface area contributed by atoms with Crippen LogP contribution in [0.3, 0.4) is 0 Å². The van der Waals surface area contributed by atoms with Gasteiger partial charge in [-0.25, -0.2) is 0 Å². The van der Waals surface area contributed by atoms with Crippen LogP contribution in [0.15, 0.2) is 47.4 Å². The first kappa shape index (κ1) is 9.68. The molecule has 0 atom stereocenters. The highest BCUT2D eigenvalue weighted by Gasteiger charge is 1.97. The Hall–Kier alpha value is -1.87. The topological polar surface area (TPSA) is 53.1 Å². The molecule has 0 unspecified atom stereocenters. The Balaban J connectivity index is 2.41. The van der Waals surface area contributed by atoms with E-state index in [9.17, 15) is 4.79 Å². The highest BCUT2D eigenvalue weighted by atomic mass is 16.3. The summed E-state index contributed by atoms with van der Waals surface area (Å²) in [5.74, 6) is 0. The molecule has 0 saturated carbocycles. The van der Waals surface area contributed by atoms with E-state index in [0.29, 0.717) is 0 Å². The lowest BCUT2D eigenvalue weighted by Gasteiger charge is -2.01. The van der Waals surface area contributed by atoms with Gasteiger partial charge in [-0.15, -0.1) is 0 Å². The fourth-order valence-electron chi connectivity index (χ4n) is 1.43. The average Bonchev–Trinajstić information content (AvgIpc) is 2.29. The molecular formula is C12H11NO2. The third kappa shape index (κ3) is 2.14. The van der Waals surface area contributed by atoms with E-state index in [1.54, 1.807) is 12.3 Å². The van der Waals surface area contributed by atoms with Crippen LogP contribution in [0.5, 0.6) is 0 Å². The van der Waals surface area contributed by atoms with E-state index in [4.69, 9.17) is 5.11 Å². The number of aliphatic hydroxyl groups excluding tert-OH is 1. The van der Waals surface area contributed by atoms with Gasteiger partial charge in [-0.3, -0.25) is 4.79 Å². The second-order valence-corrected chi connectivity index (χ2v) is 3.30. The predicted molar refractivity (Wildman–Crippen MR) is 58.4 cm³/mol. The van der Waals surface area contributed by atoms with Crippen molar-refractivity contribution in [2.75, 3.05) is 0 Å². The molecule has 3 nitrogen and oxygen atoms in total. The van der Waals surface area contributed by atoms with Crippen LogP contribution >= 0.6 is 0 Å². The number of aliphatic hydroxyl groups is 1. The number of benzene rings is 1. The van der Waals surface area contributed by atoms with Crippen molar-refractivity contribution >= 4 is 0 Å². The van der Waals surface area contributed by atoms with Crippen molar-refractivity contribution in [1.29, 1.82) is 0 Å². The lowest BCUT2D eigenvalue weighted by atomic mass is 10.1. The van der Waals surface area contributed by atoms with E-state index in [2.05, 4.69) is 4.98 Å². The number of hydrogen-bond acceptors (Lipinski definition) is 2. The van der Waals surface area contributed by atoms with Gasteiger partial charge in [0.1, 0.15) is 0 Å². The molecule has 1 aromatic carbocycles. The van der Waals surface area contributed by atoms with Gasteiger partial charge in [0.2, 0.25) is 5.56 Å². The second-order valence-electron chi connectivity index (χ2n) is 3.30. The molecule has 1 heterocycles. The lowest BCUT2D eigenvalue weighted by molar-refractivity contribution is 0.282. The molecule has 0 amide bonds. The van der Waals surface area contributed by atoms with Crippen molar-refractivity contribution in [1.82, 2.24) is 4.98 Å². The maximum absolute atomic E-state index is 11.1. The highest BCUT2D eigenvalue weighted by molar-refractivity contribution is 5.62. The Morgan fingerprint density at radius 3 is 2.40 bits per heavy atom. The van der Waals surface area contributed by atoms with Gasteiger partial charge >= 0.3 is 0 Å². The number of rotatable bonds is 2. The zero-order chi connectivity index (χ0) is 10.7. The number of aromatic nitrogens is 1. The molecule has 15 heavy (non-hydrogen) atoms. The maximum Gasteiger partial charge on any atom is 0.248 e. The zero-order valence-corrected chi connectivity index (χ0v) is 8.10. The number of H-pyrrole nitrogens is 1. The summed E-state index contributed by atoms with van der Waals surface area (Å²) in [6, 6.07) is 10.9. The van der Waals surface area contributed by atoms with E-state index in [1.807, 2.05) is 30.3 Å². The summed E-state index contributed by atoms with van der Waals surface area (Å²) in [4.78, 5) is 13.7. The summed E-state index contributed by atoms with van der Waals surface area (Å²) in [5.41, 5.74) is 2.60. The first-order valence-corrected chi connectivity index (χ1v) is 4.68. The molecule has 0 spiro atoms. The molecule has 0 fully saturated rings. The van der Waals surface area contributed by atoms with Gasteiger partial charge in [-0.05, 0) is 22.8 Å². The Labute approximate surface area is 87.0 Å². The number of aromatic amines is 1. The molecule has 3 heteroatoms. The first-order valence-electron chi connectivity index (χ1n) is 4.68. The quantitative estimate of drug-likeness (QED) is 0.774. The van der Waals surface area contributed by atoms with Gasteiger partial charge in [0.05, 0.1) is 6.61 Å². The second kappa shape index (κ2) is 4.11. The average molecular weight is 201 g/mol. The van der Waals surface area contributed by atoms with E-state index in [-0.39, 0.29) is 12.2 Å². The molecule has 0 aliphatic heterocycles. The summed E-state index contributed by atoms with van der Waals surface area (Å²) >= 11 is 0. The molecular weight excluding hydrogens is 190 g/mol. The molecule has 1 aromatic heterocycles. The van der Waals surface area contributed by atoms with E-state index >= 15 is 0 Å². The summed E-state index contributed by atoms with van der Waals surface area (Å²) in [6.07, 6.45) is 1.62. The number of hydrogen-bond donors (Lipinski definition) is 2.